The Kier molecular flexibility index (Phi) is 4.99. The zero-order valence-corrected chi connectivity index (χ0v) is 21.3. The van der Waals surface area contributed by atoms with Gasteiger partial charge < -0.3 is 4.57 Å². The lowest BCUT2D eigenvalue weighted by Crippen LogP contribution is -2.07. The Morgan fingerprint density at radius 3 is 2.08 bits per heavy atom. The maximum absolute atomic E-state index is 13.6. The van der Waals surface area contributed by atoms with E-state index in [-0.39, 0.29) is 0 Å². The number of hydrogen-bond acceptors (Lipinski definition) is 2. The summed E-state index contributed by atoms with van der Waals surface area (Å²) in [5.74, 6) is 0. The second kappa shape index (κ2) is 8.40. The maximum atomic E-state index is 13.6. The van der Waals surface area contributed by atoms with Crippen molar-refractivity contribution in [3.8, 4) is 44.5 Å². The molecule has 5 aromatic carbocycles. The Balaban J connectivity index is 1.38. The number of aromatic nitrogens is 1. The fourth-order valence-electron chi connectivity index (χ4n) is 5.60. The molecule has 0 fully saturated rings. The number of nitrogens with zero attached hydrogens (tertiary/aromatic N) is 1. The quantitative estimate of drug-likeness (QED) is 0.233. The first-order chi connectivity index (χ1) is 18.1. The van der Waals surface area contributed by atoms with Gasteiger partial charge in [0, 0.05) is 23.0 Å². The van der Waals surface area contributed by atoms with Gasteiger partial charge in [0.15, 0.2) is 0 Å². The van der Waals surface area contributed by atoms with Crippen LogP contribution < -0.4 is 10.6 Å². The molecule has 0 amide bonds. The number of fused-ring (bicyclic) bond motifs is 4. The van der Waals surface area contributed by atoms with E-state index in [4.69, 9.17) is 0 Å². The summed E-state index contributed by atoms with van der Waals surface area (Å²) in [6, 6.07) is 40.4. The maximum Gasteiger partial charge on any atom is 0.141 e. The van der Waals surface area contributed by atoms with Crippen LogP contribution in [-0.4, -0.2) is 11.6 Å². The largest absolute Gasteiger partial charge is 0.314 e. The van der Waals surface area contributed by atoms with Gasteiger partial charge in [-0.1, -0.05) is 84.9 Å². The summed E-state index contributed by atoms with van der Waals surface area (Å²) < 4.78 is 13.6. The van der Waals surface area contributed by atoms with E-state index >= 15 is 0 Å². The molecule has 2 nitrogen and oxygen atoms in total. The van der Waals surface area contributed by atoms with Crippen LogP contribution in [0.15, 0.2) is 128 Å². The minimum atomic E-state index is -2.57. The number of benzene rings is 5. The van der Waals surface area contributed by atoms with E-state index in [1.54, 1.807) is 6.20 Å². The van der Waals surface area contributed by atoms with Gasteiger partial charge in [0.2, 0.25) is 0 Å². The van der Waals surface area contributed by atoms with Gasteiger partial charge in [-0.3, -0.25) is 4.98 Å². The van der Waals surface area contributed by atoms with Crippen LogP contribution in [0.1, 0.15) is 0 Å². The van der Waals surface area contributed by atoms with Gasteiger partial charge in [-0.15, -0.1) is 0 Å². The third kappa shape index (κ3) is 3.56. The lowest BCUT2D eigenvalue weighted by atomic mass is 9.91. The minimum absolute atomic E-state index is 0.962. The van der Waals surface area contributed by atoms with Gasteiger partial charge in [0.25, 0.3) is 0 Å². The molecule has 7 rings (SSSR count). The van der Waals surface area contributed by atoms with Crippen molar-refractivity contribution >= 4 is 28.5 Å². The second-order valence-electron chi connectivity index (χ2n) is 9.74. The molecule has 1 aliphatic rings. The average molecular weight is 494 g/mol. The van der Waals surface area contributed by atoms with E-state index in [2.05, 4.69) is 96.0 Å². The molecule has 3 heteroatoms. The molecule has 1 aromatic heterocycles. The highest BCUT2D eigenvalue weighted by molar-refractivity contribution is 7.79. The molecule has 0 radical (unpaired) electrons. The first-order valence-corrected chi connectivity index (χ1v) is 14.6. The normalized spacial score (nSPS) is 15.9. The first kappa shape index (κ1) is 22.0. The number of hydrogen-bond donors (Lipinski definition) is 0. The molecule has 6 aromatic rings. The standard InChI is InChI=1S/C34H24NOP/c1-37(36)33-11-5-4-10-30(33)32-20-25(16-17-34(32)37)28-19-26-7-2-3-9-29(26)31(21-28)24-14-12-23(13-15-24)27-8-6-18-35-22-27/h2-22H,1H3. The monoisotopic (exact) mass is 493 g/mol. The Morgan fingerprint density at radius 1 is 0.541 bits per heavy atom. The predicted octanol–water partition coefficient (Wildman–Crippen LogP) is 8.16. The van der Waals surface area contributed by atoms with Crippen LogP contribution in [0.2, 0.25) is 0 Å². The molecule has 1 atom stereocenters. The molecular formula is C34H24NOP. The van der Waals surface area contributed by atoms with E-state index in [0.29, 0.717) is 0 Å². The molecule has 0 bridgehead atoms. The van der Waals surface area contributed by atoms with Crippen LogP contribution in [0.3, 0.4) is 0 Å². The van der Waals surface area contributed by atoms with Crippen LogP contribution in [0.5, 0.6) is 0 Å². The third-order valence-corrected chi connectivity index (χ3v) is 10.1. The second-order valence-corrected chi connectivity index (χ2v) is 12.5. The van der Waals surface area contributed by atoms with Gasteiger partial charge in [0.1, 0.15) is 7.14 Å². The molecule has 0 N–H and O–H groups in total. The van der Waals surface area contributed by atoms with Gasteiger partial charge in [-0.25, -0.2) is 0 Å². The lowest BCUT2D eigenvalue weighted by molar-refractivity contribution is 0.591. The molecule has 0 spiro atoms. The highest BCUT2D eigenvalue weighted by Crippen LogP contribution is 2.50. The predicted molar refractivity (Wildman–Crippen MR) is 156 cm³/mol. The summed E-state index contributed by atoms with van der Waals surface area (Å²) in [5, 5.41) is 4.36. The molecule has 176 valence electrons. The zero-order valence-electron chi connectivity index (χ0n) is 20.4. The van der Waals surface area contributed by atoms with Crippen LogP contribution in [0, 0.1) is 0 Å². The first-order valence-electron chi connectivity index (χ1n) is 12.5. The number of rotatable bonds is 3. The highest BCUT2D eigenvalue weighted by atomic mass is 31.2. The Hall–Kier alpha value is -4.26. The van der Waals surface area contributed by atoms with Crippen LogP contribution in [0.25, 0.3) is 55.3 Å². The summed E-state index contributed by atoms with van der Waals surface area (Å²) in [4.78, 5) is 4.26. The Labute approximate surface area is 216 Å². The van der Waals surface area contributed by atoms with Crippen molar-refractivity contribution in [3.05, 3.63) is 128 Å². The fraction of sp³-hybridized carbons (Fsp3) is 0.0294. The molecule has 37 heavy (non-hydrogen) atoms. The highest BCUT2D eigenvalue weighted by Gasteiger charge is 2.34. The zero-order chi connectivity index (χ0) is 25.0. The smallest absolute Gasteiger partial charge is 0.141 e. The van der Waals surface area contributed by atoms with Crippen molar-refractivity contribution in [2.45, 2.75) is 0 Å². The Morgan fingerprint density at radius 2 is 1.24 bits per heavy atom. The molecule has 2 heterocycles. The lowest BCUT2D eigenvalue weighted by Gasteiger charge is -2.13. The van der Waals surface area contributed by atoms with Crippen molar-refractivity contribution in [3.63, 3.8) is 0 Å². The van der Waals surface area contributed by atoms with Gasteiger partial charge in [0.05, 0.1) is 0 Å². The molecular weight excluding hydrogens is 469 g/mol. The Bertz CT molecular complexity index is 1860. The number of pyridine rings is 1. The molecule has 1 unspecified atom stereocenters. The van der Waals surface area contributed by atoms with E-state index in [9.17, 15) is 4.57 Å². The summed E-state index contributed by atoms with van der Waals surface area (Å²) in [7, 11) is -2.57. The topological polar surface area (TPSA) is 30.0 Å². The van der Waals surface area contributed by atoms with Crippen molar-refractivity contribution in [2.75, 3.05) is 6.66 Å². The summed E-state index contributed by atoms with van der Waals surface area (Å²) in [6.45, 7) is 1.89. The molecule has 1 aliphatic heterocycles. The van der Waals surface area contributed by atoms with Gasteiger partial charge in [-0.2, -0.15) is 0 Å². The van der Waals surface area contributed by atoms with Gasteiger partial charge >= 0.3 is 0 Å². The van der Waals surface area contributed by atoms with Crippen molar-refractivity contribution in [1.82, 2.24) is 4.98 Å². The summed E-state index contributed by atoms with van der Waals surface area (Å²) >= 11 is 0. The van der Waals surface area contributed by atoms with Crippen molar-refractivity contribution in [1.29, 1.82) is 0 Å². The van der Waals surface area contributed by atoms with Crippen LogP contribution >= 0.6 is 7.14 Å². The van der Waals surface area contributed by atoms with Crippen molar-refractivity contribution < 1.29 is 4.57 Å². The van der Waals surface area contributed by atoms with E-state index in [1.807, 2.05) is 37.1 Å². The van der Waals surface area contributed by atoms with E-state index in [1.165, 1.54) is 21.9 Å². The molecule has 0 saturated carbocycles. The average Bonchev–Trinajstić information content (AvgIpc) is 3.19. The summed E-state index contributed by atoms with van der Waals surface area (Å²) in [5.41, 5.74) is 9.12. The molecule has 0 aliphatic carbocycles. The van der Waals surface area contributed by atoms with Crippen LogP contribution in [0.4, 0.5) is 0 Å². The minimum Gasteiger partial charge on any atom is -0.314 e. The fourth-order valence-corrected chi connectivity index (χ4v) is 7.89. The van der Waals surface area contributed by atoms with Crippen LogP contribution in [-0.2, 0) is 4.57 Å². The van der Waals surface area contributed by atoms with E-state index < -0.39 is 7.14 Å². The third-order valence-electron chi connectivity index (χ3n) is 7.50. The van der Waals surface area contributed by atoms with E-state index in [0.717, 1.165) is 44.0 Å². The SMILES string of the molecule is CP1(=O)c2ccccc2-c2cc(-c3cc(-c4ccc(-c5cccnc5)cc4)c4ccccc4c3)ccc21. The van der Waals surface area contributed by atoms with Crippen molar-refractivity contribution in [2.24, 2.45) is 0 Å². The summed E-state index contributed by atoms with van der Waals surface area (Å²) in [6.07, 6.45) is 3.69. The molecule has 0 saturated heterocycles. The van der Waals surface area contributed by atoms with Gasteiger partial charge in [-0.05, 0) is 92.3 Å².